The zero-order valence-electron chi connectivity index (χ0n) is 10.5. The Balaban J connectivity index is 1.86. The van der Waals surface area contributed by atoms with E-state index in [0.717, 1.165) is 5.56 Å². The SMILES string of the molecule is O=C(CC1N=NC(c2ccccc2)=N1)NCCCO. The van der Waals surface area contributed by atoms with Crippen molar-refractivity contribution in [1.82, 2.24) is 5.32 Å². The van der Waals surface area contributed by atoms with Gasteiger partial charge in [0.15, 0.2) is 12.0 Å². The number of hydrogen-bond acceptors (Lipinski definition) is 5. The van der Waals surface area contributed by atoms with E-state index in [9.17, 15) is 4.79 Å². The van der Waals surface area contributed by atoms with Gasteiger partial charge in [0.05, 0.1) is 6.42 Å². The van der Waals surface area contributed by atoms with Crippen molar-refractivity contribution < 1.29 is 9.90 Å². The molecule has 0 saturated carbocycles. The Labute approximate surface area is 111 Å². The maximum Gasteiger partial charge on any atom is 0.224 e. The van der Waals surface area contributed by atoms with Gasteiger partial charge in [0.2, 0.25) is 5.91 Å². The summed E-state index contributed by atoms with van der Waals surface area (Å²) >= 11 is 0. The van der Waals surface area contributed by atoms with E-state index in [4.69, 9.17) is 5.11 Å². The fourth-order valence-electron chi connectivity index (χ4n) is 1.66. The number of aliphatic imine (C=N–C) groups is 1. The zero-order valence-corrected chi connectivity index (χ0v) is 10.5. The molecule has 1 unspecified atom stereocenters. The second-order valence-corrected chi connectivity index (χ2v) is 4.15. The van der Waals surface area contributed by atoms with Gasteiger partial charge in [-0.25, -0.2) is 4.99 Å². The maximum absolute atomic E-state index is 11.6. The molecule has 0 saturated heterocycles. The molecule has 0 aromatic heterocycles. The third-order valence-corrected chi connectivity index (χ3v) is 2.61. The fourth-order valence-corrected chi connectivity index (χ4v) is 1.66. The molecule has 2 N–H and O–H groups in total. The monoisotopic (exact) mass is 260 g/mol. The summed E-state index contributed by atoms with van der Waals surface area (Å²) in [5.74, 6) is 0.434. The number of azo groups is 1. The number of nitrogens with zero attached hydrogens (tertiary/aromatic N) is 3. The van der Waals surface area contributed by atoms with Crippen LogP contribution in [0, 0.1) is 0 Å². The summed E-state index contributed by atoms with van der Waals surface area (Å²) in [6, 6.07) is 9.54. The van der Waals surface area contributed by atoms with Gasteiger partial charge < -0.3 is 10.4 Å². The highest BCUT2D eigenvalue weighted by Gasteiger charge is 2.18. The first-order valence-corrected chi connectivity index (χ1v) is 6.21. The Bertz CT molecular complexity index is 485. The van der Waals surface area contributed by atoms with Crippen LogP contribution in [-0.4, -0.2) is 36.2 Å². The molecule has 1 aliphatic heterocycles. The summed E-state index contributed by atoms with van der Waals surface area (Å²) in [6.45, 7) is 0.536. The van der Waals surface area contributed by atoms with Crippen molar-refractivity contribution in [1.29, 1.82) is 0 Å². The van der Waals surface area contributed by atoms with Gasteiger partial charge in [-0.15, -0.1) is 5.11 Å². The first-order valence-electron chi connectivity index (χ1n) is 6.21. The second kappa shape index (κ2) is 6.75. The zero-order chi connectivity index (χ0) is 13.5. The van der Waals surface area contributed by atoms with E-state index >= 15 is 0 Å². The normalized spacial score (nSPS) is 17.3. The molecule has 2 rings (SSSR count). The number of hydrogen-bond donors (Lipinski definition) is 2. The number of rotatable bonds is 6. The molecule has 6 heteroatoms. The van der Waals surface area contributed by atoms with Crippen LogP contribution >= 0.6 is 0 Å². The number of aliphatic hydroxyl groups is 1. The second-order valence-electron chi connectivity index (χ2n) is 4.15. The third kappa shape index (κ3) is 3.96. The summed E-state index contributed by atoms with van der Waals surface area (Å²) < 4.78 is 0. The van der Waals surface area contributed by atoms with Crippen molar-refractivity contribution in [2.45, 2.75) is 19.0 Å². The van der Waals surface area contributed by atoms with Crippen molar-refractivity contribution in [3.05, 3.63) is 35.9 Å². The van der Waals surface area contributed by atoms with Gasteiger partial charge in [-0.05, 0) is 6.42 Å². The summed E-state index contributed by atoms with van der Waals surface area (Å²) in [4.78, 5) is 15.9. The summed E-state index contributed by atoms with van der Waals surface area (Å²) in [5.41, 5.74) is 0.898. The quantitative estimate of drug-likeness (QED) is 0.751. The van der Waals surface area contributed by atoms with E-state index in [1.165, 1.54) is 0 Å². The van der Waals surface area contributed by atoms with E-state index in [1.54, 1.807) is 0 Å². The highest BCUT2D eigenvalue weighted by Crippen LogP contribution is 2.14. The first-order chi connectivity index (χ1) is 9.29. The molecule has 19 heavy (non-hydrogen) atoms. The van der Waals surface area contributed by atoms with Crippen LogP contribution < -0.4 is 5.32 Å². The van der Waals surface area contributed by atoms with Crippen molar-refractivity contribution >= 4 is 11.7 Å². The molecule has 6 nitrogen and oxygen atoms in total. The van der Waals surface area contributed by atoms with Crippen molar-refractivity contribution in [2.75, 3.05) is 13.2 Å². The molecule has 0 bridgehead atoms. The molecule has 0 fully saturated rings. The lowest BCUT2D eigenvalue weighted by molar-refractivity contribution is -0.121. The van der Waals surface area contributed by atoms with Gasteiger partial charge in [-0.2, -0.15) is 5.11 Å². The molecule has 1 aromatic rings. The lowest BCUT2D eigenvalue weighted by atomic mass is 10.2. The number of carbonyl (C=O) groups is 1. The molecular weight excluding hydrogens is 244 g/mol. The van der Waals surface area contributed by atoms with Gasteiger partial charge in [0, 0.05) is 18.7 Å². The van der Waals surface area contributed by atoms with Crippen LogP contribution in [0.1, 0.15) is 18.4 Å². The number of amides is 1. The Morgan fingerprint density at radius 3 is 2.84 bits per heavy atom. The van der Waals surface area contributed by atoms with E-state index < -0.39 is 6.17 Å². The lowest BCUT2D eigenvalue weighted by Crippen LogP contribution is -2.27. The van der Waals surface area contributed by atoms with Crippen LogP contribution in [0.25, 0.3) is 0 Å². The molecule has 1 heterocycles. The first kappa shape index (κ1) is 13.4. The molecule has 0 aliphatic carbocycles. The van der Waals surface area contributed by atoms with Gasteiger partial charge in [0.1, 0.15) is 0 Å². The molecular formula is C13H16N4O2. The standard InChI is InChI=1S/C13H16N4O2/c18-8-4-7-14-12(19)9-11-15-13(17-16-11)10-5-2-1-3-6-10/h1-3,5-6,11,18H,4,7-9H2,(H,14,19). The molecule has 0 spiro atoms. The Hall–Kier alpha value is -2.08. The average molecular weight is 260 g/mol. The average Bonchev–Trinajstić information content (AvgIpc) is 2.88. The van der Waals surface area contributed by atoms with Crippen LogP contribution in [0.4, 0.5) is 0 Å². The molecule has 1 amide bonds. The third-order valence-electron chi connectivity index (χ3n) is 2.61. The number of carbonyl (C=O) groups excluding carboxylic acids is 1. The van der Waals surface area contributed by atoms with Gasteiger partial charge >= 0.3 is 0 Å². The number of benzene rings is 1. The predicted molar refractivity (Wildman–Crippen MR) is 71.0 cm³/mol. The van der Waals surface area contributed by atoms with E-state index in [1.807, 2.05) is 30.3 Å². The van der Waals surface area contributed by atoms with E-state index in [-0.39, 0.29) is 18.9 Å². The van der Waals surface area contributed by atoms with Gasteiger partial charge in [-0.3, -0.25) is 4.79 Å². The van der Waals surface area contributed by atoms with Crippen LogP contribution in [-0.2, 0) is 4.79 Å². The molecule has 100 valence electrons. The van der Waals surface area contributed by atoms with Crippen LogP contribution in [0.5, 0.6) is 0 Å². The molecule has 1 atom stereocenters. The summed E-state index contributed by atoms with van der Waals surface area (Å²) in [5, 5.41) is 19.3. The predicted octanol–water partition coefficient (Wildman–Crippen LogP) is 1.11. The minimum absolute atomic E-state index is 0.0692. The van der Waals surface area contributed by atoms with Crippen LogP contribution in [0.15, 0.2) is 45.6 Å². The van der Waals surface area contributed by atoms with E-state index in [2.05, 4.69) is 20.5 Å². The molecule has 0 radical (unpaired) electrons. The van der Waals surface area contributed by atoms with E-state index in [0.29, 0.717) is 18.8 Å². The molecule has 1 aliphatic rings. The highest BCUT2D eigenvalue weighted by atomic mass is 16.3. The van der Waals surface area contributed by atoms with Crippen molar-refractivity contribution in [3.63, 3.8) is 0 Å². The van der Waals surface area contributed by atoms with Gasteiger partial charge in [-0.1, -0.05) is 30.3 Å². The fraction of sp³-hybridized carbons (Fsp3) is 0.385. The minimum Gasteiger partial charge on any atom is -0.396 e. The minimum atomic E-state index is -0.440. The Morgan fingerprint density at radius 2 is 2.11 bits per heavy atom. The number of nitrogens with one attached hydrogen (secondary N) is 1. The van der Waals surface area contributed by atoms with Gasteiger partial charge in [0.25, 0.3) is 0 Å². The largest absolute Gasteiger partial charge is 0.396 e. The smallest absolute Gasteiger partial charge is 0.224 e. The number of aliphatic hydroxyl groups excluding tert-OH is 1. The highest BCUT2D eigenvalue weighted by molar-refractivity contribution is 6.00. The van der Waals surface area contributed by atoms with Crippen LogP contribution in [0.2, 0.25) is 0 Å². The summed E-state index contributed by atoms with van der Waals surface area (Å²) in [7, 11) is 0. The summed E-state index contributed by atoms with van der Waals surface area (Å²) in [6.07, 6.45) is 0.297. The van der Waals surface area contributed by atoms with Crippen molar-refractivity contribution in [3.8, 4) is 0 Å². The Morgan fingerprint density at radius 1 is 1.32 bits per heavy atom. The number of amidine groups is 1. The lowest BCUT2D eigenvalue weighted by Gasteiger charge is -2.04. The molecule has 1 aromatic carbocycles. The van der Waals surface area contributed by atoms with Crippen LogP contribution in [0.3, 0.4) is 0 Å². The van der Waals surface area contributed by atoms with Crippen molar-refractivity contribution in [2.24, 2.45) is 15.2 Å². The topological polar surface area (TPSA) is 86.4 Å². The Kier molecular flexibility index (Phi) is 4.74. The maximum atomic E-state index is 11.6.